The Morgan fingerprint density at radius 2 is 1.88 bits per heavy atom. The molecule has 0 aromatic heterocycles. The molecular formula is C11H12F2O3S. The highest BCUT2D eigenvalue weighted by molar-refractivity contribution is 7.92. The van der Waals surface area contributed by atoms with Gasteiger partial charge in [-0.05, 0) is 26.0 Å². The lowest BCUT2D eigenvalue weighted by atomic mass is 10.1. The minimum Gasteiger partial charge on any atom is -0.293 e. The normalized spacial score (nSPS) is 11.8. The maximum Gasteiger partial charge on any atom is 0.180 e. The fourth-order valence-corrected chi connectivity index (χ4v) is 2.00. The van der Waals surface area contributed by atoms with Gasteiger partial charge in [0, 0.05) is 6.07 Å². The molecule has 0 heterocycles. The van der Waals surface area contributed by atoms with Crippen molar-refractivity contribution in [2.75, 3.05) is 5.75 Å². The van der Waals surface area contributed by atoms with Gasteiger partial charge in [0.2, 0.25) is 0 Å². The minimum absolute atomic E-state index is 0.407. The summed E-state index contributed by atoms with van der Waals surface area (Å²) in [5.41, 5.74) is -0.407. The van der Waals surface area contributed by atoms with Gasteiger partial charge in [-0.25, -0.2) is 17.2 Å². The van der Waals surface area contributed by atoms with Crippen LogP contribution in [0.5, 0.6) is 0 Å². The van der Waals surface area contributed by atoms with Crippen molar-refractivity contribution in [3.8, 4) is 0 Å². The largest absolute Gasteiger partial charge is 0.293 e. The molecule has 1 aromatic rings. The molecular weight excluding hydrogens is 250 g/mol. The molecule has 0 bridgehead atoms. The maximum absolute atomic E-state index is 13.2. The fraction of sp³-hybridized carbons (Fsp3) is 0.364. The van der Waals surface area contributed by atoms with E-state index in [1.807, 2.05) is 0 Å². The number of benzene rings is 1. The van der Waals surface area contributed by atoms with Gasteiger partial charge in [-0.15, -0.1) is 0 Å². The molecule has 6 heteroatoms. The van der Waals surface area contributed by atoms with Crippen LogP contribution in [0, 0.1) is 11.6 Å². The summed E-state index contributed by atoms with van der Waals surface area (Å²) in [5, 5.41) is -0.713. The number of carbonyl (C=O) groups excluding carboxylic acids is 1. The van der Waals surface area contributed by atoms with Crippen LogP contribution >= 0.6 is 0 Å². The van der Waals surface area contributed by atoms with Gasteiger partial charge in [0.15, 0.2) is 15.6 Å². The number of carbonyl (C=O) groups is 1. The highest BCUT2D eigenvalue weighted by Crippen LogP contribution is 2.12. The first-order chi connectivity index (χ1) is 7.74. The lowest BCUT2D eigenvalue weighted by molar-refractivity contribution is 0.101. The number of hydrogen-bond acceptors (Lipinski definition) is 3. The molecule has 0 unspecified atom stereocenters. The summed E-state index contributed by atoms with van der Waals surface area (Å²) in [7, 11) is -3.58. The Bertz CT molecular complexity index is 536. The van der Waals surface area contributed by atoms with Crippen molar-refractivity contribution in [2.24, 2.45) is 0 Å². The molecule has 0 atom stereocenters. The van der Waals surface area contributed by atoms with Crippen LogP contribution in [-0.4, -0.2) is 25.2 Å². The van der Waals surface area contributed by atoms with Gasteiger partial charge in [-0.2, -0.15) is 0 Å². The molecule has 1 aromatic carbocycles. The maximum atomic E-state index is 13.2. The smallest absolute Gasteiger partial charge is 0.180 e. The van der Waals surface area contributed by atoms with Crippen molar-refractivity contribution >= 4 is 15.6 Å². The van der Waals surface area contributed by atoms with E-state index in [4.69, 9.17) is 0 Å². The van der Waals surface area contributed by atoms with Crippen LogP contribution < -0.4 is 0 Å². The Kier molecular flexibility index (Phi) is 3.98. The first-order valence-electron chi connectivity index (χ1n) is 4.94. The van der Waals surface area contributed by atoms with Gasteiger partial charge >= 0.3 is 0 Å². The lowest BCUT2D eigenvalue weighted by Gasteiger charge is -2.07. The Morgan fingerprint density at radius 1 is 1.29 bits per heavy atom. The van der Waals surface area contributed by atoms with Gasteiger partial charge in [0.25, 0.3) is 0 Å². The third kappa shape index (κ3) is 3.33. The van der Waals surface area contributed by atoms with Gasteiger partial charge in [0.05, 0.1) is 10.8 Å². The fourth-order valence-electron chi connectivity index (χ4n) is 1.14. The number of halogens is 2. The average Bonchev–Trinajstić information content (AvgIpc) is 2.15. The van der Waals surface area contributed by atoms with E-state index in [1.165, 1.54) is 13.8 Å². The summed E-state index contributed by atoms with van der Waals surface area (Å²) in [6.45, 7) is 2.87. The predicted molar refractivity (Wildman–Crippen MR) is 59.6 cm³/mol. The molecule has 3 nitrogen and oxygen atoms in total. The zero-order valence-corrected chi connectivity index (χ0v) is 10.2. The van der Waals surface area contributed by atoms with Crippen molar-refractivity contribution in [3.63, 3.8) is 0 Å². The van der Waals surface area contributed by atoms with Crippen molar-refractivity contribution in [3.05, 3.63) is 35.4 Å². The van der Waals surface area contributed by atoms with Crippen molar-refractivity contribution in [1.29, 1.82) is 0 Å². The number of hydrogen-bond donors (Lipinski definition) is 0. The monoisotopic (exact) mass is 262 g/mol. The third-order valence-corrected chi connectivity index (χ3v) is 4.38. The Hall–Kier alpha value is -1.30. The quantitative estimate of drug-likeness (QED) is 0.779. The van der Waals surface area contributed by atoms with E-state index in [0.29, 0.717) is 6.07 Å². The standard InChI is InChI=1S/C11H12F2O3S/c1-7(2)17(15,16)6-11(14)9-4-3-8(12)5-10(9)13/h3-5,7H,6H2,1-2H3. The SMILES string of the molecule is CC(C)S(=O)(=O)CC(=O)c1ccc(F)cc1F. The van der Waals surface area contributed by atoms with Crippen LogP contribution in [0.1, 0.15) is 24.2 Å². The lowest BCUT2D eigenvalue weighted by Crippen LogP contribution is -2.24. The van der Waals surface area contributed by atoms with Crippen LogP contribution in [0.4, 0.5) is 8.78 Å². The van der Waals surface area contributed by atoms with Crippen LogP contribution in [-0.2, 0) is 9.84 Å². The van der Waals surface area contributed by atoms with E-state index in [-0.39, 0.29) is 0 Å². The minimum atomic E-state index is -3.58. The topological polar surface area (TPSA) is 51.2 Å². The Morgan fingerprint density at radius 3 is 2.35 bits per heavy atom. The molecule has 0 aliphatic rings. The molecule has 0 aliphatic carbocycles. The number of rotatable bonds is 4. The molecule has 0 fully saturated rings. The molecule has 0 amide bonds. The molecule has 94 valence electrons. The summed E-state index contributed by atoms with van der Waals surface area (Å²) in [5.74, 6) is -3.50. The van der Waals surface area contributed by atoms with Crippen LogP contribution in [0.2, 0.25) is 0 Å². The number of Topliss-reactive ketones (excluding diaryl/α,β-unsaturated/α-hetero) is 1. The first-order valence-corrected chi connectivity index (χ1v) is 6.65. The predicted octanol–water partition coefficient (Wildman–Crippen LogP) is 1.97. The highest BCUT2D eigenvalue weighted by atomic mass is 32.2. The van der Waals surface area contributed by atoms with Crippen molar-refractivity contribution in [1.82, 2.24) is 0 Å². The molecule has 0 radical (unpaired) electrons. The molecule has 0 aliphatic heterocycles. The van der Waals surface area contributed by atoms with E-state index in [9.17, 15) is 22.0 Å². The van der Waals surface area contributed by atoms with E-state index >= 15 is 0 Å². The van der Waals surface area contributed by atoms with E-state index in [2.05, 4.69) is 0 Å². The second-order valence-corrected chi connectivity index (χ2v) is 6.46. The molecule has 1 rings (SSSR count). The van der Waals surface area contributed by atoms with Gasteiger partial charge in [-0.1, -0.05) is 0 Å². The number of ketones is 1. The second-order valence-electron chi connectivity index (χ2n) is 3.90. The molecule has 0 spiro atoms. The second kappa shape index (κ2) is 4.91. The summed E-state index contributed by atoms with van der Waals surface area (Å²) in [6.07, 6.45) is 0. The van der Waals surface area contributed by atoms with Gasteiger partial charge in [0.1, 0.15) is 17.4 Å². The van der Waals surface area contributed by atoms with E-state index < -0.39 is 43.8 Å². The third-order valence-electron chi connectivity index (χ3n) is 2.28. The van der Waals surface area contributed by atoms with Crippen LogP contribution in [0.15, 0.2) is 18.2 Å². The summed E-state index contributed by atoms with van der Waals surface area (Å²) < 4.78 is 48.8. The van der Waals surface area contributed by atoms with Gasteiger partial charge < -0.3 is 0 Å². The van der Waals surface area contributed by atoms with Gasteiger partial charge in [-0.3, -0.25) is 4.79 Å². The van der Waals surface area contributed by atoms with Crippen LogP contribution in [0.25, 0.3) is 0 Å². The van der Waals surface area contributed by atoms with E-state index in [1.54, 1.807) is 0 Å². The average molecular weight is 262 g/mol. The zero-order valence-electron chi connectivity index (χ0n) is 9.41. The Balaban J connectivity index is 2.99. The van der Waals surface area contributed by atoms with Crippen LogP contribution in [0.3, 0.4) is 0 Å². The summed E-state index contributed by atoms with van der Waals surface area (Å²) in [4.78, 5) is 11.6. The first kappa shape index (κ1) is 13.8. The zero-order chi connectivity index (χ0) is 13.2. The molecule has 0 saturated heterocycles. The van der Waals surface area contributed by atoms with Crippen molar-refractivity contribution in [2.45, 2.75) is 19.1 Å². The Labute approximate surface area is 98.4 Å². The molecule has 0 N–H and O–H groups in total. The molecule has 0 saturated carbocycles. The van der Waals surface area contributed by atoms with E-state index in [0.717, 1.165) is 12.1 Å². The van der Waals surface area contributed by atoms with Crippen molar-refractivity contribution < 1.29 is 22.0 Å². The summed E-state index contributed by atoms with van der Waals surface area (Å²) >= 11 is 0. The molecule has 17 heavy (non-hydrogen) atoms. The highest BCUT2D eigenvalue weighted by Gasteiger charge is 2.23. The number of sulfone groups is 1. The summed E-state index contributed by atoms with van der Waals surface area (Å²) in [6, 6.07) is 2.41.